The van der Waals surface area contributed by atoms with Crippen molar-refractivity contribution in [1.29, 1.82) is 0 Å². The summed E-state index contributed by atoms with van der Waals surface area (Å²) in [6.07, 6.45) is 5.46. The normalized spacial score (nSPS) is 22.3. The average Bonchev–Trinajstić information content (AvgIpc) is 3.68. The van der Waals surface area contributed by atoms with Crippen LogP contribution in [0, 0.1) is 0 Å². The first-order valence-corrected chi connectivity index (χ1v) is 16.8. The fourth-order valence-corrected chi connectivity index (χ4v) is 8.71. The number of benzene rings is 1. The maximum absolute atomic E-state index is 13.3. The monoisotopic (exact) mass is 605 g/mol. The molecule has 222 valence electrons. The molecule has 1 aliphatic carbocycles. The van der Waals surface area contributed by atoms with E-state index in [2.05, 4.69) is 15.3 Å². The lowest BCUT2D eigenvalue weighted by Gasteiger charge is -2.38. The summed E-state index contributed by atoms with van der Waals surface area (Å²) in [6.45, 7) is 1.47. The van der Waals surface area contributed by atoms with E-state index >= 15 is 0 Å². The second-order valence-corrected chi connectivity index (χ2v) is 15.4. The van der Waals surface area contributed by atoms with Gasteiger partial charge in [0.2, 0.25) is 10.0 Å². The smallest absolute Gasteiger partial charge is 0.244 e. The van der Waals surface area contributed by atoms with Gasteiger partial charge < -0.3 is 24.5 Å². The lowest BCUT2D eigenvalue weighted by atomic mass is 9.88. The van der Waals surface area contributed by atoms with E-state index in [0.29, 0.717) is 62.3 Å². The minimum atomic E-state index is -3.70. The molecule has 3 aliphatic rings. The Labute approximate surface area is 239 Å². The molecular formula is C27H35N5O7S2. The number of sulfone groups is 1. The number of aliphatic hydroxyl groups is 1. The predicted octanol–water partition coefficient (Wildman–Crippen LogP) is 1.25. The number of rotatable bonds is 10. The number of aryl methyl sites for hydroxylation is 1. The van der Waals surface area contributed by atoms with Crippen LogP contribution in [0.1, 0.15) is 32.1 Å². The fourth-order valence-electron chi connectivity index (χ4n) is 5.61. The van der Waals surface area contributed by atoms with Gasteiger partial charge in [0, 0.05) is 38.9 Å². The molecule has 12 nitrogen and oxygen atoms in total. The van der Waals surface area contributed by atoms with E-state index in [9.17, 15) is 21.9 Å². The number of aliphatic hydroxyl groups excluding tert-OH is 1. The van der Waals surface area contributed by atoms with Gasteiger partial charge in [-0.05, 0) is 56.4 Å². The van der Waals surface area contributed by atoms with Crippen LogP contribution in [0.5, 0.6) is 5.75 Å². The molecule has 2 aliphatic heterocycles. The van der Waals surface area contributed by atoms with Crippen molar-refractivity contribution in [3.8, 4) is 5.75 Å². The van der Waals surface area contributed by atoms with Gasteiger partial charge in [-0.3, -0.25) is 0 Å². The van der Waals surface area contributed by atoms with Crippen molar-refractivity contribution in [2.24, 2.45) is 7.05 Å². The first-order chi connectivity index (χ1) is 19.6. The van der Waals surface area contributed by atoms with Gasteiger partial charge in [0.05, 0.1) is 28.7 Å². The molecule has 0 amide bonds. The summed E-state index contributed by atoms with van der Waals surface area (Å²) >= 11 is 0. The molecule has 3 fully saturated rings. The van der Waals surface area contributed by atoms with Crippen molar-refractivity contribution in [3.63, 3.8) is 0 Å². The van der Waals surface area contributed by atoms with Crippen LogP contribution in [-0.4, -0.2) is 96.6 Å². The van der Waals surface area contributed by atoms with E-state index in [4.69, 9.17) is 9.47 Å². The second kappa shape index (κ2) is 10.9. The fraction of sp³-hybridized carbons (Fsp3) is 0.556. The minimum Gasteiger partial charge on any atom is -0.491 e. The second-order valence-electron chi connectivity index (χ2n) is 11.3. The molecule has 1 spiro atoms. The number of nitrogens with one attached hydrogen (secondary N) is 1. The molecule has 1 aromatic carbocycles. The summed E-state index contributed by atoms with van der Waals surface area (Å²) in [5.41, 5.74) is 0.768. The zero-order valence-electron chi connectivity index (χ0n) is 22.8. The molecule has 0 radical (unpaired) electrons. The average molecular weight is 606 g/mol. The van der Waals surface area contributed by atoms with Crippen LogP contribution in [0.25, 0.3) is 11.2 Å². The van der Waals surface area contributed by atoms with Gasteiger partial charge in [-0.25, -0.2) is 26.8 Å². The number of hydrogen-bond acceptors (Lipinski definition) is 10. The largest absolute Gasteiger partial charge is 0.491 e. The molecule has 1 unspecified atom stereocenters. The molecular weight excluding hydrogens is 570 g/mol. The van der Waals surface area contributed by atoms with Crippen molar-refractivity contribution < 1.29 is 31.4 Å². The van der Waals surface area contributed by atoms with E-state index in [0.717, 1.165) is 6.42 Å². The molecule has 2 saturated heterocycles. The Morgan fingerprint density at radius 2 is 1.93 bits per heavy atom. The topological polar surface area (TPSA) is 153 Å². The lowest BCUT2D eigenvalue weighted by Crippen LogP contribution is -2.47. The van der Waals surface area contributed by atoms with Crippen molar-refractivity contribution in [3.05, 3.63) is 42.9 Å². The first kappa shape index (κ1) is 28.5. The van der Waals surface area contributed by atoms with E-state index < -0.39 is 31.6 Å². The number of imidazole rings is 1. The first-order valence-electron chi connectivity index (χ1n) is 13.9. The van der Waals surface area contributed by atoms with Crippen LogP contribution in [0.15, 0.2) is 52.6 Å². The maximum Gasteiger partial charge on any atom is 0.244 e. The third-order valence-electron chi connectivity index (χ3n) is 8.19. The third kappa shape index (κ3) is 5.86. The van der Waals surface area contributed by atoms with Crippen LogP contribution in [0.4, 0.5) is 0 Å². The molecule has 3 aromatic rings. The Morgan fingerprint density at radius 3 is 2.68 bits per heavy atom. The van der Waals surface area contributed by atoms with Gasteiger partial charge in [0.15, 0.2) is 15.5 Å². The highest BCUT2D eigenvalue weighted by Crippen LogP contribution is 2.38. The van der Waals surface area contributed by atoms with E-state index in [1.807, 2.05) is 7.05 Å². The Hall–Kier alpha value is -2.62. The lowest BCUT2D eigenvalue weighted by molar-refractivity contribution is -0.0312. The maximum atomic E-state index is 13.3. The zero-order valence-corrected chi connectivity index (χ0v) is 24.5. The molecule has 2 aromatic heterocycles. The van der Waals surface area contributed by atoms with Crippen LogP contribution in [-0.2, 0) is 31.6 Å². The number of sulfonamides is 1. The summed E-state index contributed by atoms with van der Waals surface area (Å²) in [7, 11) is -5.19. The highest BCUT2D eigenvalue weighted by molar-refractivity contribution is 7.92. The number of aromatic nitrogens is 3. The van der Waals surface area contributed by atoms with Crippen LogP contribution < -0.4 is 10.1 Å². The Kier molecular flexibility index (Phi) is 7.57. The summed E-state index contributed by atoms with van der Waals surface area (Å²) in [5, 5.41) is 13.5. The van der Waals surface area contributed by atoms with Crippen LogP contribution in [0.2, 0.25) is 0 Å². The van der Waals surface area contributed by atoms with Crippen molar-refractivity contribution >= 4 is 31.0 Å². The molecule has 4 heterocycles. The van der Waals surface area contributed by atoms with Crippen molar-refractivity contribution in [2.75, 3.05) is 32.8 Å². The molecule has 2 atom stereocenters. The zero-order chi connectivity index (χ0) is 28.8. The number of hydrogen-bond donors (Lipinski definition) is 2. The highest BCUT2D eigenvalue weighted by Gasteiger charge is 2.45. The van der Waals surface area contributed by atoms with Gasteiger partial charge in [-0.15, -0.1) is 0 Å². The number of nitrogens with zero attached hydrogens (tertiary/aromatic N) is 4. The summed E-state index contributed by atoms with van der Waals surface area (Å²) in [6, 6.07) is 8.01. The van der Waals surface area contributed by atoms with Gasteiger partial charge in [-0.2, -0.15) is 4.31 Å². The number of pyridine rings is 1. The Balaban J connectivity index is 0.970. The van der Waals surface area contributed by atoms with E-state index in [-0.39, 0.29) is 34.2 Å². The van der Waals surface area contributed by atoms with E-state index in [1.54, 1.807) is 35.2 Å². The third-order valence-corrected chi connectivity index (χ3v) is 12.3. The molecule has 41 heavy (non-hydrogen) atoms. The minimum absolute atomic E-state index is 0.0185. The van der Waals surface area contributed by atoms with Crippen molar-refractivity contribution in [1.82, 2.24) is 24.2 Å². The van der Waals surface area contributed by atoms with E-state index in [1.165, 1.54) is 16.6 Å². The Morgan fingerprint density at radius 1 is 1.15 bits per heavy atom. The van der Waals surface area contributed by atoms with Crippen LogP contribution in [0.3, 0.4) is 0 Å². The van der Waals surface area contributed by atoms with Crippen LogP contribution >= 0.6 is 0 Å². The molecule has 1 saturated carbocycles. The van der Waals surface area contributed by atoms with Gasteiger partial charge in [-0.1, -0.05) is 6.07 Å². The van der Waals surface area contributed by atoms with Gasteiger partial charge >= 0.3 is 0 Å². The molecule has 14 heteroatoms. The SMILES string of the molecule is Cn1cnc2cc(S(=O)(=O)N3CCC4(CC3)C[C@@H](NCC(O)COc3cccc(S(=O)(=O)C5CC5)c3)CO4)cnc21. The number of fused-ring (bicyclic) bond motifs is 1. The molecule has 0 bridgehead atoms. The van der Waals surface area contributed by atoms with Gasteiger partial charge in [0.25, 0.3) is 0 Å². The number of ether oxygens (including phenoxy) is 2. The molecule has 6 rings (SSSR count). The highest BCUT2D eigenvalue weighted by atomic mass is 32.2. The summed E-state index contributed by atoms with van der Waals surface area (Å²) < 4.78 is 66.6. The molecule has 2 N–H and O–H groups in total. The quantitative estimate of drug-likeness (QED) is 0.345. The number of piperidine rings is 1. The van der Waals surface area contributed by atoms with Gasteiger partial charge in [0.1, 0.15) is 28.9 Å². The predicted molar refractivity (Wildman–Crippen MR) is 150 cm³/mol. The summed E-state index contributed by atoms with van der Waals surface area (Å²) in [4.78, 5) is 8.89. The standard InChI is InChI=1S/C27H35N5O7S2/c1-31-18-30-25-12-24(15-29-26(25)31)41(36,37)32-9-7-27(8-10-32)13-19(16-39-27)28-14-20(33)17-38-21-3-2-4-23(11-21)40(34,35)22-5-6-22/h2-4,11-12,15,18-20,22,28,33H,5-10,13-14,16-17H2,1H3/t19-,20?/m1/s1. The summed E-state index contributed by atoms with van der Waals surface area (Å²) in [5.74, 6) is 0.409. The van der Waals surface area contributed by atoms with Crippen molar-refractivity contribution in [2.45, 2.75) is 64.9 Å². The Bertz CT molecular complexity index is 1630.